The van der Waals surface area contributed by atoms with Crippen molar-refractivity contribution in [2.75, 3.05) is 7.11 Å². The molecule has 2 N–H and O–H groups in total. The molecule has 134 valence electrons. The zero-order valence-corrected chi connectivity index (χ0v) is 15.1. The van der Waals surface area contributed by atoms with E-state index in [4.69, 9.17) is 4.74 Å². The van der Waals surface area contributed by atoms with Gasteiger partial charge < -0.3 is 14.9 Å². The third kappa shape index (κ3) is 5.37. The van der Waals surface area contributed by atoms with E-state index in [9.17, 15) is 24.6 Å². The third-order valence-corrected chi connectivity index (χ3v) is 3.64. The van der Waals surface area contributed by atoms with E-state index < -0.39 is 23.3 Å². The van der Waals surface area contributed by atoms with Gasteiger partial charge in [-0.15, -0.1) is 0 Å². The molecule has 0 aliphatic carbocycles. The number of hydrogen-bond acceptors (Lipinski definition) is 4. The first-order valence-corrected chi connectivity index (χ1v) is 7.64. The molecule has 0 saturated carbocycles. The lowest BCUT2D eigenvalue weighted by Crippen LogP contribution is -2.28. The molecule has 0 unspecified atom stereocenters. The molecule has 0 radical (unpaired) electrons. The first kappa shape index (κ1) is 21.6. The van der Waals surface area contributed by atoms with Crippen molar-refractivity contribution >= 4 is 17.9 Å². The van der Waals surface area contributed by atoms with Gasteiger partial charge in [-0.25, -0.2) is 14.4 Å². The molecule has 0 aliphatic heterocycles. The Bertz CT molecular complexity index is 573. The molecule has 0 amide bonds. The molecule has 0 atom stereocenters. The molecular formula is C18H26O6. The second-order valence-electron chi connectivity index (χ2n) is 5.92. The molecule has 0 aromatic heterocycles. The monoisotopic (exact) mass is 338 g/mol. The van der Waals surface area contributed by atoms with E-state index in [1.807, 2.05) is 6.92 Å². The highest BCUT2D eigenvalue weighted by molar-refractivity contribution is 5.94. The van der Waals surface area contributed by atoms with Crippen LogP contribution in [0.5, 0.6) is 0 Å². The SMILES string of the molecule is CCCC(C=C(C)C(=O)O)(C=C(C)C(=O)O)C(C(=O)OC)=C(C)C. The number of methoxy groups -OCH3 is 1. The predicted molar refractivity (Wildman–Crippen MR) is 90.5 cm³/mol. The lowest BCUT2D eigenvalue weighted by Gasteiger charge is -2.31. The van der Waals surface area contributed by atoms with Crippen LogP contribution in [0.1, 0.15) is 47.5 Å². The lowest BCUT2D eigenvalue weighted by molar-refractivity contribution is -0.137. The quantitative estimate of drug-likeness (QED) is 0.520. The summed E-state index contributed by atoms with van der Waals surface area (Å²) in [4.78, 5) is 34.9. The number of carboxylic acids is 2. The summed E-state index contributed by atoms with van der Waals surface area (Å²) >= 11 is 0. The minimum Gasteiger partial charge on any atom is -0.478 e. The van der Waals surface area contributed by atoms with Crippen molar-refractivity contribution in [2.24, 2.45) is 5.41 Å². The van der Waals surface area contributed by atoms with Crippen LogP contribution in [0.2, 0.25) is 0 Å². The fourth-order valence-corrected chi connectivity index (χ4v) is 2.73. The molecule has 0 aromatic carbocycles. The first-order chi connectivity index (χ1) is 11.0. The van der Waals surface area contributed by atoms with E-state index in [0.717, 1.165) is 0 Å². The van der Waals surface area contributed by atoms with Gasteiger partial charge in [0.15, 0.2) is 0 Å². The standard InChI is InChI=1S/C18H26O6/c1-7-8-18(9-12(4)15(19)20,10-13(5)16(21)22)14(11(2)3)17(23)24-6/h9-10H,7-8H2,1-6H3,(H,19,20)(H,21,22). The Morgan fingerprint density at radius 3 is 1.62 bits per heavy atom. The van der Waals surface area contributed by atoms with Gasteiger partial charge in [-0.05, 0) is 34.1 Å². The Balaban J connectivity index is 6.84. The molecular weight excluding hydrogens is 312 g/mol. The number of carbonyl (C=O) groups is 3. The molecule has 0 heterocycles. The largest absolute Gasteiger partial charge is 0.478 e. The van der Waals surface area contributed by atoms with Crippen LogP contribution in [0, 0.1) is 5.41 Å². The van der Waals surface area contributed by atoms with Crippen molar-refractivity contribution in [3.63, 3.8) is 0 Å². The molecule has 0 rings (SSSR count). The summed E-state index contributed by atoms with van der Waals surface area (Å²) in [7, 11) is 1.24. The van der Waals surface area contributed by atoms with Gasteiger partial charge in [-0.2, -0.15) is 0 Å². The lowest BCUT2D eigenvalue weighted by atomic mass is 9.72. The fraction of sp³-hybridized carbons (Fsp3) is 0.500. The zero-order chi connectivity index (χ0) is 19.1. The molecule has 0 bridgehead atoms. The topological polar surface area (TPSA) is 101 Å². The van der Waals surface area contributed by atoms with Crippen LogP contribution in [0.4, 0.5) is 0 Å². The molecule has 6 heteroatoms. The summed E-state index contributed by atoms with van der Waals surface area (Å²) in [5.41, 5.74) is -0.209. The smallest absolute Gasteiger partial charge is 0.334 e. The first-order valence-electron chi connectivity index (χ1n) is 7.64. The van der Waals surface area contributed by atoms with E-state index in [-0.39, 0.29) is 16.7 Å². The van der Waals surface area contributed by atoms with Crippen molar-refractivity contribution in [2.45, 2.75) is 47.5 Å². The second kappa shape index (κ2) is 9.05. The van der Waals surface area contributed by atoms with Gasteiger partial charge in [0.25, 0.3) is 0 Å². The van der Waals surface area contributed by atoms with Gasteiger partial charge in [-0.1, -0.05) is 31.1 Å². The third-order valence-electron chi connectivity index (χ3n) is 3.64. The Hall–Kier alpha value is -2.37. The van der Waals surface area contributed by atoms with E-state index in [1.165, 1.54) is 33.1 Å². The summed E-state index contributed by atoms with van der Waals surface area (Å²) in [6.45, 7) is 8.13. The average molecular weight is 338 g/mol. The second-order valence-corrected chi connectivity index (χ2v) is 5.92. The number of rotatable bonds is 8. The summed E-state index contributed by atoms with van der Waals surface area (Å²) in [5, 5.41) is 18.5. The molecule has 0 fully saturated rings. The Kier molecular flexibility index (Phi) is 8.16. The number of carboxylic acid groups (broad SMARTS) is 2. The van der Waals surface area contributed by atoms with Crippen LogP contribution in [0.25, 0.3) is 0 Å². The normalized spacial score (nSPS) is 14.6. The van der Waals surface area contributed by atoms with Crippen molar-refractivity contribution in [3.8, 4) is 0 Å². The molecule has 24 heavy (non-hydrogen) atoms. The summed E-state index contributed by atoms with van der Waals surface area (Å²) < 4.78 is 4.86. The van der Waals surface area contributed by atoms with E-state index in [0.29, 0.717) is 18.4 Å². The van der Waals surface area contributed by atoms with Crippen molar-refractivity contribution in [1.82, 2.24) is 0 Å². The van der Waals surface area contributed by atoms with Gasteiger partial charge in [0.1, 0.15) is 0 Å². The Labute approximate surface area is 142 Å². The average Bonchev–Trinajstić information content (AvgIpc) is 2.46. The number of carbonyl (C=O) groups excluding carboxylic acids is 1. The van der Waals surface area contributed by atoms with Crippen LogP contribution >= 0.6 is 0 Å². The van der Waals surface area contributed by atoms with Crippen molar-refractivity contribution in [1.29, 1.82) is 0 Å². The van der Waals surface area contributed by atoms with Gasteiger partial charge in [0.05, 0.1) is 7.11 Å². The maximum atomic E-state index is 12.3. The fourth-order valence-electron chi connectivity index (χ4n) is 2.73. The number of esters is 1. The summed E-state index contributed by atoms with van der Waals surface area (Å²) in [5.74, 6) is -2.86. The van der Waals surface area contributed by atoms with E-state index in [1.54, 1.807) is 13.8 Å². The molecule has 6 nitrogen and oxygen atoms in total. The van der Waals surface area contributed by atoms with Crippen LogP contribution < -0.4 is 0 Å². The Morgan fingerprint density at radius 2 is 1.38 bits per heavy atom. The number of hydrogen-bond donors (Lipinski definition) is 2. The minimum atomic E-state index is -1.16. The van der Waals surface area contributed by atoms with E-state index >= 15 is 0 Å². The van der Waals surface area contributed by atoms with E-state index in [2.05, 4.69) is 0 Å². The number of aliphatic carboxylic acids is 2. The van der Waals surface area contributed by atoms with Crippen LogP contribution in [-0.2, 0) is 19.1 Å². The minimum absolute atomic E-state index is 0.0283. The van der Waals surface area contributed by atoms with Gasteiger partial charge in [0, 0.05) is 22.1 Å². The predicted octanol–water partition coefficient (Wildman–Crippen LogP) is 3.34. The Morgan fingerprint density at radius 1 is 0.958 bits per heavy atom. The van der Waals surface area contributed by atoms with Crippen LogP contribution in [0.15, 0.2) is 34.4 Å². The number of allylic oxidation sites excluding steroid dienone is 3. The highest BCUT2D eigenvalue weighted by Gasteiger charge is 2.36. The summed E-state index contributed by atoms with van der Waals surface area (Å²) in [6, 6.07) is 0. The van der Waals surface area contributed by atoms with Crippen LogP contribution in [-0.4, -0.2) is 35.2 Å². The van der Waals surface area contributed by atoms with Gasteiger partial charge in [0.2, 0.25) is 0 Å². The number of ether oxygens (including phenoxy) is 1. The highest BCUT2D eigenvalue weighted by atomic mass is 16.5. The van der Waals surface area contributed by atoms with Crippen molar-refractivity contribution < 1.29 is 29.3 Å². The maximum Gasteiger partial charge on any atom is 0.334 e. The summed E-state index contributed by atoms with van der Waals surface area (Å²) in [6.07, 6.45) is 3.85. The van der Waals surface area contributed by atoms with Crippen molar-refractivity contribution in [3.05, 3.63) is 34.4 Å². The van der Waals surface area contributed by atoms with Crippen LogP contribution in [0.3, 0.4) is 0 Å². The zero-order valence-electron chi connectivity index (χ0n) is 15.1. The molecule has 0 spiro atoms. The molecule has 0 saturated heterocycles. The van der Waals surface area contributed by atoms with Gasteiger partial charge >= 0.3 is 17.9 Å². The van der Waals surface area contributed by atoms with Gasteiger partial charge in [-0.3, -0.25) is 0 Å². The highest BCUT2D eigenvalue weighted by Crippen LogP contribution is 2.40. The molecule has 0 aliphatic rings. The molecule has 0 aromatic rings. The maximum absolute atomic E-state index is 12.3.